The van der Waals surface area contributed by atoms with Gasteiger partial charge >= 0.3 is 0 Å². The molecule has 1 saturated heterocycles. The zero-order chi connectivity index (χ0) is 23.8. The molecule has 0 unspecified atom stereocenters. The number of amides is 1. The average Bonchev–Trinajstić information content (AvgIpc) is 3.28. The van der Waals surface area contributed by atoms with E-state index in [1.807, 2.05) is 36.1 Å². The van der Waals surface area contributed by atoms with Gasteiger partial charge in [-0.05, 0) is 44.2 Å². The number of carbonyl (C=O) groups excluding carboxylic acids is 1. The van der Waals surface area contributed by atoms with E-state index in [4.69, 9.17) is 0 Å². The van der Waals surface area contributed by atoms with Gasteiger partial charge in [0.05, 0.1) is 0 Å². The number of aryl methyl sites for hydroxylation is 2. The highest BCUT2D eigenvalue weighted by Gasteiger charge is 2.23. The monoisotopic (exact) mass is 460 g/mol. The first-order valence-electron chi connectivity index (χ1n) is 11.2. The molecule has 0 spiro atoms. The van der Waals surface area contributed by atoms with E-state index in [1.54, 1.807) is 23.6 Å². The van der Waals surface area contributed by atoms with E-state index in [9.17, 15) is 14.0 Å². The standard InChI is InChI=1S/C25H25FN6O2/c1-17-4-3-5-19(14-17)24-27-25-31(18(2)15-22(33)32(25)28-24)16-23(34)30-12-10-29(11-13-30)21-8-6-20(26)7-9-21/h3-9,14-15H,10-13,16H2,1-2H3. The van der Waals surface area contributed by atoms with Gasteiger partial charge in [0.15, 0.2) is 5.82 Å². The predicted octanol–water partition coefficient (Wildman–Crippen LogP) is 2.66. The summed E-state index contributed by atoms with van der Waals surface area (Å²) in [7, 11) is 0. The molecule has 3 heterocycles. The van der Waals surface area contributed by atoms with Crippen LogP contribution in [-0.4, -0.2) is 56.2 Å². The molecule has 0 saturated carbocycles. The van der Waals surface area contributed by atoms with Crippen molar-refractivity contribution in [1.82, 2.24) is 24.1 Å². The van der Waals surface area contributed by atoms with E-state index >= 15 is 0 Å². The molecule has 8 nitrogen and oxygen atoms in total. The van der Waals surface area contributed by atoms with Crippen molar-refractivity contribution in [1.29, 1.82) is 0 Å². The number of aromatic nitrogens is 4. The number of hydrogen-bond donors (Lipinski definition) is 0. The van der Waals surface area contributed by atoms with Crippen molar-refractivity contribution in [2.75, 3.05) is 31.1 Å². The number of piperazine rings is 1. The van der Waals surface area contributed by atoms with E-state index in [-0.39, 0.29) is 23.8 Å². The average molecular weight is 461 g/mol. The smallest absolute Gasteiger partial charge is 0.275 e. The molecule has 2 aromatic heterocycles. The normalized spacial score (nSPS) is 14.1. The molecule has 0 radical (unpaired) electrons. The number of rotatable bonds is 4. The third-order valence-electron chi connectivity index (χ3n) is 6.19. The minimum atomic E-state index is -0.282. The summed E-state index contributed by atoms with van der Waals surface area (Å²) in [4.78, 5) is 34.3. The van der Waals surface area contributed by atoms with Gasteiger partial charge in [0.25, 0.3) is 5.56 Å². The Labute approximate surface area is 195 Å². The third-order valence-corrected chi connectivity index (χ3v) is 6.19. The fraction of sp³-hybridized carbons (Fsp3) is 0.280. The second-order valence-corrected chi connectivity index (χ2v) is 8.57. The second kappa shape index (κ2) is 8.74. The van der Waals surface area contributed by atoms with Crippen molar-refractivity contribution in [2.45, 2.75) is 20.4 Å². The number of nitrogens with zero attached hydrogens (tertiary/aromatic N) is 6. The van der Waals surface area contributed by atoms with Crippen molar-refractivity contribution in [3.63, 3.8) is 0 Å². The summed E-state index contributed by atoms with van der Waals surface area (Å²) in [6.45, 7) is 6.30. The molecular weight excluding hydrogens is 435 g/mol. The van der Waals surface area contributed by atoms with Crippen LogP contribution in [0.3, 0.4) is 0 Å². The van der Waals surface area contributed by atoms with Gasteiger partial charge in [-0.15, -0.1) is 5.10 Å². The fourth-order valence-electron chi connectivity index (χ4n) is 4.30. The Morgan fingerprint density at radius 1 is 1.00 bits per heavy atom. The quantitative estimate of drug-likeness (QED) is 0.468. The Bertz CT molecular complexity index is 1420. The number of hydrogen-bond acceptors (Lipinski definition) is 5. The number of anilines is 1. The fourth-order valence-corrected chi connectivity index (χ4v) is 4.30. The molecule has 1 aliphatic rings. The van der Waals surface area contributed by atoms with Crippen LogP contribution in [0.15, 0.2) is 59.4 Å². The molecule has 2 aromatic carbocycles. The molecule has 1 fully saturated rings. The van der Waals surface area contributed by atoms with Gasteiger partial charge in [0, 0.05) is 49.2 Å². The van der Waals surface area contributed by atoms with Gasteiger partial charge in [-0.2, -0.15) is 9.50 Å². The molecule has 0 bridgehead atoms. The zero-order valence-electron chi connectivity index (χ0n) is 19.1. The lowest BCUT2D eigenvalue weighted by molar-refractivity contribution is -0.132. The first kappa shape index (κ1) is 21.8. The number of carbonyl (C=O) groups is 1. The summed E-state index contributed by atoms with van der Waals surface area (Å²) in [5.74, 6) is 0.479. The maximum Gasteiger partial charge on any atom is 0.275 e. The highest BCUT2D eigenvalue weighted by Crippen LogP contribution is 2.19. The Hall–Kier alpha value is -4.01. The topological polar surface area (TPSA) is 75.7 Å². The summed E-state index contributed by atoms with van der Waals surface area (Å²) in [6, 6.07) is 15.6. The summed E-state index contributed by atoms with van der Waals surface area (Å²) in [6.07, 6.45) is 0. The van der Waals surface area contributed by atoms with E-state index in [0.29, 0.717) is 43.5 Å². The maximum atomic E-state index is 13.2. The first-order chi connectivity index (χ1) is 16.4. The van der Waals surface area contributed by atoms with Gasteiger partial charge in [0.2, 0.25) is 11.7 Å². The molecule has 34 heavy (non-hydrogen) atoms. The summed E-state index contributed by atoms with van der Waals surface area (Å²) < 4.78 is 16.2. The minimum Gasteiger partial charge on any atom is -0.368 e. The molecule has 9 heteroatoms. The number of halogens is 1. The molecule has 1 amide bonds. The van der Waals surface area contributed by atoms with Crippen LogP contribution in [0.5, 0.6) is 0 Å². The van der Waals surface area contributed by atoms with Crippen LogP contribution in [0, 0.1) is 19.7 Å². The summed E-state index contributed by atoms with van der Waals surface area (Å²) in [5, 5.41) is 4.41. The summed E-state index contributed by atoms with van der Waals surface area (Å²) >= 11 is 0. The largest absolute Gasteiger partial charge is 0.368 e. The van der Waals surface area contributed by atoms with Gasteiger partial charge in [-0.25, -0.2) is 4.39 Å². The second-order valence-electron chi connectivity index (χ2n) is 8.57. The molecule has 0 aliphatic carbocycles. The highest BCUT2D eigenvalue weighted by atomic mass is 19.1. The third kappa shape index (κ3) is 4.16. The lowest BCUT2D eigenvalue weighted by Crippen LogP contribution is -2.49. The molecule has 0 atom stereocenters. The van der Waals surface area contributed by atoms with Crippen molar-refractivity contribution in [2.24, 2.45) is 0 Å². The minimum absolute atomic E-state index is 0.0486. The van der Waals surface area contributed by atoms with E-state index in [1.165, 1.54) is 22.7 Å². The predicted molar refractivity (Wildman–Crippen MR) is 127 cm³/mol. The molecular formula is C25H25FN6O2. The SMILES string of the molecule is Cc1cccc(-c2nc3n(CC(=O)N4CCN(c5ccc(F)cc5)CC4)c(C)cc(=O)n3n2)c1. The Kier molecular flexibility index (Phi) is 5.61. The van der Waals surface area contributed by atoms with Crippen LogP contribution in [0.1, 0.15) is 11.3 Å². The number of fused-ring (bicyclic) bond motifs is 1. The Morgan fingerprint density at radius 2 is 1.74 bits per heavy atom. The Morgan fingerprint density at radius 3 is 2.44 bits per heavy atom. The highest BCUT2D eigenvalue weighted by molar-refractivity contribution is 5.77. The van der Waals surface area contributed by atoms with Gasteiger partial charge in [-0.3, -0.25) is 9.59 Å². The Balaban J connectivity index is 1.36. The maximum absolute atomic E-state index is 13.2. The molecule has 0 N–H and O–H groups in total. The van der Waals surface area contributed by atoms with Crippen molar-refractivity contribution >= 4 is 17.4 Å². The molecule has 174 valence electrons. The van der Waals surface area contributed by atoms with E-state index < -0.39 is 0 Å². The molecule has 4 aromatic rings. The van der Waals surface area contributed by atoms with E-state index in [2.05, 4.69) is 15.0 Å². The van der Waals surface area contributed by atoms with Crippen molar-refractivity contribution in [3.8, 4) is 11.4 Å². The van der Waals surface area contributed by atoms with Crippen LogP contribution in [0.4, 0.5) is 10.1 Å². The molecule has 1 aliphatic heterocycles. The van der Waals surface area contributed by atoms with Crippen LogP contribution in [-0.2, 0) is 11.3 Å². The van der Waals surface area contributed by atoms with Crippen LogP contribution in [0.2, 0.25) is 0 Å². The summed E-state index contributed by atoms with van der Waals surface area (Å²) in [5.41, 5.74) is 3.20. The van der Waals surface area contributed by atoms with E-state index in [0.717, 1.165) is 16.8 Å². The van der Waals surface area contributed by atoms with Gasteiger partial charge < -0.3 is 14.4 Å². The lowest BCUT2D eigenvalue weighted by atomic mass is 10.1. The van der Waals surface area contributed by atoms with Crippen LogP contribution < -0.4 is 10.5 Å². The van der Waals surface area contributed by atoms with Gasteiger partial charge in [0.1, 0.15) is 12.4 Å². The van der Waals surface area contributed by atoms with Crippen molar-refractivity contribution < 1.29 is 9.18 Å². The number of benzene rings is 2. The zero-order valence-corrected chi connectivity index (χ0v) is 19.1. The van der Waals surface area contributed by atoms with Gasteiger partial charge in [-0.1, -0.05) is 23.8 Å². The lowest BCUT2D eigenvalue weighted by Gasteiger charge is -2.36. The van der Waals surface area contributed by atoms with Crippen molar-refractivity contribution in [3.05, 3.63) is 82.0 Å². The van der Waals surface area contributed by atoms with Crippen LogP contribution in [0.25, 0.3) is 17.2 Å². The molecule has 5 rings (SSSR count). The van der Waals surface area contributed by atoms with Crippen LogP contribution >= 0.6 is 0 Å². The first-order valence-corrected chi connectivity index (χ1v) is 11.2.